The number of benzene rings is 2. The van der Waals surface area contributed by atoms with Crippen molar-refractivity contribution >= 4 is 11.8 Å². The van der Waals surface area contributed by atoms with Gasteiger partial charge in [0.25, 0.3) is 0 Å². The maximum absolute atomic E-state index is 13.4. The van der Waals surface area contributed by atoms with E-state index in [0.717, 1.165) is 35.4 Å². The first-order valence-electron chi connectivity index (χ1n) is 11.0. The summed E-state index contributed by atoms with van der Waals surface area (Å²) in [5, 5.41) is 3.24. The Bertz CT molecular complexity index is 1150. The molecule has 7 heteroatoms. The van der Waals surface area contributed by atoms with Crippen molar-refractivity contribution < 1.29 is 28.5 Å². The minimum Gasteiger partial charge on any atom is -0.497 e. The third-order valence-corrected chi connectivity index (χ3v) is 6.34. The molecule has 2 unspecified atom stereocenters. The van der Waals surface area contributed by atoms with Crippen molar-refractivity contribution in [3.05, 3.63) is 77.1 Å². The average Bonchev–Trinajstić information content (AvgIpc) is 3.30. The lowest BCUT2D eigenvalue weighted by Crippen LogP contribution is -2.41. The van der Waals surface area contributed by atoms with Gasteiger partial charge in [0.1, 0.15) is 18.3 Å². The van der Waals surface area contributed by atoms with Gasteiger partial charge < -0.3 is 24.3 Å². The van der Waals surface area contributed by atoms with E-state index >= 15 is 0 Å². The number of nitrogens with one attached hydrogen (secondary N) is 1. The predicted molar refractivity (Wildman–Crippen MR) is 120 cm³/mol. The van der Waals surface area contributed by atoms with E-state index < -0.39 is 17.8 Å². The van der Waals surface area contributed by atoms with Gasteiger partial charge in [-0.15, -0.1) is 0 Å². The zero-order valence-corrected chi connectivity index (χ0v) is 18.4. The lowest BCUT2D eigenvalue weighted by Gasteiger charge is -2.38. The highest BCUT2D eigenvalue weighted by Gasteiger charge is 2.44. The Balaban J connectivity index is 1.47. The summed E-state index contributed by atoms with van der Waals surface area (Å²) in [7, 11) is 1.60. The van der Waals surface area contributed by atoms with Gasteiger partial charge in [-0.25, -0.2) is 0 Å². The largest absolute Gasteiger partial charge is 0.497 e. The monoisotopic (exact) mass is 447 g/mol. The van der Waals surface area contributed by atoms with Gasteiger partial charge in [-0.1, -0.05) is 24.8 Å². The molecule has 33 heavy (non-hydrogen) atoms. The van der Waals surface area contributed by atoms with Crippen molar-refractivity contribution in [2.45, 2.75) is 31.8 Å². The molecule has 2 aromatic rings. The van der Waals surface area contributed by atoms with Gasteiger partial charge in [0.2, 0.25) is 6.79 Å². The highest BCUT2D eigenvalue weighted by molar-refractivity contribution is 6.00. The first kappa shape index (κ1) is 21.1. The topological polar surface area (TPSA) is 83.1 Å². The van der Waals surface area contributed by atoms with E-state index in [0.29, 0.717) is 29.2 Å². The zero-order chi connectivity index (χ0) is 22.9. The zero-order valence-electron chi connectivity index (χ0n) is 18.4. The van der Waals surface area contributed by atoms with Crippen LogP contribution in [0, 0.1) is 5.92 Å². The molecule has 0 radical (unpaired) electrons. The third kappa shape index (κ3) is 3.95. The quantitative estimate of drug-likeness (QED) is 0.694. The summed E-state index contributed by atoms with van der Waals surface area (Å²) in [5.74, 6) is 0.349. The second-order valence-corrected chi connectivity index (χ2v) is 8.34. The van der Waals surface area contributed by atoms with Crippen LogP contribution in [0.3, 0.4) is 0 Å². The smallest absolute Gasteiger partial charge is 0.316 e. The number of ether oxygens (including phenoxy) is 4. The van der Waals surface area contributed by atoms with Gasteiger partial charge in [-0.05, 0) is 48.2 Å². The number of carbonyl (C=O) groups excluding carboxylic acids is 2. The van der Waals surface area contributed by atoms with Crippen molar-refractivity contribution in [1.82, 2.24) is 5.32 Å². The summed E-state index contributed by atoms with van der Waals surface area (Å²) in [5.41, 5.74) is 3.66. The lowest BCUT2D eigenvalue weighted by atomic mass is 9.71. The highest BCUT2D eigenvalue weighted by atomic mass is 16.7. The van der Waals surface area contributed by atoms with Gasteiger partial charge >= 0.3 is 5.97 Å². The fourth-order valence-corrected chi connectivity index (χ4v) is 4.70. The fourth-order valence-electron chi connectivity index (χ4n) is 4.70. The Hall–Kier alpha value is -3.74. The van der Waals surface area contributed by atoms with E-state index in [1.807, 2.05) is 42.5 Å². The number of allylic oxidation sites excluding steroid dienone is 2. The lowest BCUT2D eigenvalue weighted by molar-refractivity contribution is -0.149. The summed E-state index contributed by atoms with van der Waals surface area (Å²) < 4.78 is 21.9. The number of esters is 1. The molecule has 0 saturated heterocycles. The van der Waals surface area contributed by atoms with Crippen LogP contribution in [0.4, 0.5) is 0 Å². The molecule has 2 atom stereocenters. The number of rotatable bonds is 5. The van der Waals surface area contributed by atoms with E-state index in [1.54, 1.807) is 7.11 Å². The van der Waals surface area contributed by atoms with Crippen molar-refractivity contribution in [2.24, 2.45) is 5.92 Å². The van der Waals surface area contributed by atoms with Crippen LogP contribution >= 0.6 is 0 Å². The average molecular weight is 447 g/mol. The first-order valence-corrected chi connectivity index (χ1v) is 11.0. The molecular weight excluding hydrogens is 422 g/mol. The fraction of sp³-hybridized carbons (Fsp3) is 0.308. The molecule has 1 aliphatic carbocycles. The van der Waals surface area contributed by atoms with Crippen LogP contribution in [-0.4, -0.2) is 25.7 Å². The van der Waals surface area contributed by atoms with E-state index in [4.69, 9.17) is 18.9 Å². The van der Waals surface area contributed by atoms with Crippen LogP contribution < -0.4 is 19.5 Å². The van der Waals surface area contributed by atoms with Crippen LogP contribution in [0.15, 0.2) is 66.0 Å². The van der Waals surface area contributed by atoms with Crippen LogP contribution in [0.2, 0.25) is 0 Å². The van der Waals surface area contributed by atoms with Crippen molar-refractivity contribution in [2.75, 3.05) is 13.9 Å². The van der Waals surface area contributed by atoms with Gasteiger partial charge in [-0.3, -0.25) is 9.59 Å². The number of hydrogen-bond donors (Lipinski definition) is 1. The van der Waals surface area contributed by atoms with Gasteiger partial charge in [-0.2, -0.15) is 0 Å². The Kier molecular flexibility index (Phi) is 5.54. The van der Waals surface area contributed by atoms with E-state index in [2.05, 4.69) is 11.9 Å². The molecule has 0 bridgehead atoms. The molecular formula is C26H25NO6. The minimum absolute atomic E-state index is 0.0480. The Morgan fingerprint density at radius 2 is 1.91 bits per heavy atom. The molecule has 2 aromatic carbocycles. The molecule has 2 heterocycles. The van der Waals surface area contributed by atoms with Crippen LogP contribution in [-0.2, 0) is 20.9 Å². The maximum Gasteiger partial charge on any atom is 0.316 e. The van der Waals surface area contributed by atoms with Gasteiger partial charge in [0.05, 0.1) is 7.11 Å². The molecule has 5 rings (SSSR count). The van der Waals surface area contributed by atoms with Crippen molar-refractivity contribution in [1.29, 1.82) is 0 Å². The SMILES string of the molecule is C=C1NC2=C(C(=O)CCC2)C(c2ccc3c(c2)OCO3)C1C(=O)OCc1ccc(OC)cc1. The predicted octanol–water partition coefficient (Wildman–Crippen LogP) is 3.99. The number of Topliss-reactive ketones (excluding diaryl/α,β-unsaturated/α-hetero) is 1. The first-order chi connectivity index (χ1) is 16.0. The second-order valence-electron chi connectivity index (χ2n) is 8.34. The number of hydrogen-bond acceptors (Lipinski definition) is 7. The van der Waals surface area contributed by atoms with Gasteiger partial charge in [0, 0.05) is 29.3 Å². The van der Waals surface area contributed by atoms with Gasteiger partial charge in [0.15, 0.2) is 17.3 Å². The number of carbonyl (C=O) groups is 2. The second kappa shape index (κ2) is 8.65. The summed E-state index contributed by atoms with van der Waals surface area (Å²) in [6.07, 6.45) is 1.98. The van der Waals surface area contributed by atoms with Crippen molar-refractivity contribution in [3.63, 3.8) is 0 Å². The van der Waals surface area contributed by atoms with Crippen LogP contribution in [0.25, 0.3) is 0 Å². The molecule has 3 aliphatic rings. The molecule has 1 N–H and O–H groups in total. The summed E-state index contributed by atoms with van der Waals surface area (Å²) >= 11 is 0. The molecule has 0 amide bonds. The van der Waals surface area contributed by atoms with E-state index in [-0.39, 0.29) is 19.2 Å². The summed E-state index contributed by atoms with van der Waals surface area (Å²) in [4.78, 5) is 26.4. The van der Waals surface area contributed by atoms with E-state index in [9.17, 15) is 9.59 Å². The van der Waals surface area contributed by atoms with Crippen molar-refractivity contribution in [3.8, 4) is 17.2 Å². The molecule has 2 aliphatic heterocycles. The maximum atomic E-state index is 13.4. The number of fused-ring (bicyclic) bond motifs is 1. The Morgan fingerprint density at radius 1 is 1.12 bits per heavy atom. The molecule has 7 nitrogen and oxygen atoms in total. The third-order valence-electron chi connectivity index (χ3n) is 6.34. The van der Waals surface area contributed by atoms with Crippen LogP contribution in [0.5, 0.6) is 17.2 Å². The summed E-state index contributed by atoms with van der Waals surface area (Å²) in [6.45, 7) is 4.39. The molecule has 0 spiro atoms. The normalized spacial score (nSPS) is 21.4. The molecule has 0 fully saturated rings. The Labute approximate surface area is 192 Å². The Morgan fingerprint density at radius 3 is 2.70 bits per heavy atom. The standard InChI is InChI=1S/C26H25NO6/c1-15-23(26(29)31-13-16-6-9-18(30-2)10-7-16)24(25-19(27-15)4-3-5-20(25)28)17-8-11-21-22(12-17)33-14-32-21/h6-12,23-24,27H,1,3-5,13-14H2,2H3. The number of ketones is 1. The highest BCUT2D eigenvalue weighted by Crippen LogP contribution is 2.46. The molecule has 170 valence electrons. The molecule has 0 aromatic heterocycles. The summed E-state index contributed by atoms with van der Waals surface area (Å²) in [6, 6.07) is 12.9. The molecule has 0 saturated carbocycles. The van der Waals surface area contributed by atoms with E-state index in [1.165, 1.54) is 0 Å². The van der Waals surface area contributed by atoms with Crippen LogP contribution in [0.1, 0.15) is 36.3 Å². The minimum atomic E-state index is -0.746. The number of methoxy groups -OCH3 is 1.